The third-order valence-electron chi connectivity index (χ3n) is 3.43. The van der Waals surface area contributed by atoms with Crippen LogP contribution in [-0.2, 0) is 9.59 Å². The fourth-order valence-electron chi connectivity index (χ4n) is 1.93. The number of rotatable bonds is 7. The molecule has 0 heterocycles. The molecule has 0 aliphatic rings. The molecule has 4 N–H and O–H groups in total. The first-order valence-electron chi connectivity index (χ1n) is 6.78. The third kappa shape index (κ3) is 4.66. The Kier molecular flexibility index (Phi) is 6.18. The molecule has 0 saturated heterocycles. The van der Waals surface area contributed by atoms with E-state index in [-0.39, 0.29) is 18.2 Å². The second-order valence-electron chi connectivity index (χ2n) is 4.99. The summed E-state index contributed by atoms with van der Waals surface area (Å²) in [5.74, 6) is -1.47. The molecule has 0 bridgehead atoms. The molecular weight excluding hydrogens is 256 g/mol. The Labute approximate surface area is 119 Å². The van der Waals surface area contributed by atoms with E-state index in [0.29, 0.717) is 6.42 Å². The number of carbonyl (C=O) groups is 2. The Hall–Kier alpha value is -1.88. The number of hydrogen-bond acceptors (Lipinski definition) is 3. The molecule has 5 nitrogen and oxygen atoms in total. The zero-order chi connectivity index (χ0) is 15.1. The highest BCUT2D eigenvalue weighted by molar-refractivity contribution is 5.84. The summed E-state index contributed by atoms with van der Waals surface area (Å²) < 4.78 is 0. The summed E-state index contributed by atoms with van der Waals surface area (Å²) in [5.41, 5.74) is 6.81. The van der Waals surface area contributed by atoms with E-state index >= 15 is 0 Å². The van der Waals surface area contributed by atoms with Crippen molar-refractivity contribution in [2.24, 2.45) is 11.7 Å². The lowest BCUT2D eigenvalue weighted by atomic mass is 9.98. The van der Waals surface area contributed by atoms with Gasteiger partial charge >= 0.3 is 5.97 Å². The van der Waals surface area contributed by atoms with Crippen LogP contribution in [0.2, 0.25) is 0 Å². The van der Waals surface area contributed by atoms with Gasteiger partial charge in [0.1, 0.15) is 6.04 Å². The molecule has 1 aromatic carbocycles. The van der Waals surface area contributed by atoms with Crippen LogP contribution in [-0.4, -0.2) is 23.0 Å². The van der Waals surface area contributed by atoms with E-state index in [1.165, 1.54) is 0 Å². The van der Waals surface area contributed by atoms with Crippen molar-refractivity contribution < 1.29 is 14.7 Å². The van der Waals surface area contributed by atoms with Gasteiger partial charge in [-0.1, -0.05) is 50.6 Å². The van der Waals surface area contributed by atoms with Gasteiger partial charge in [0, 0.05) is 12.5 Å². The zero-order valence-corrected chi connectivity index (χ0v) is 11.9. The van der Waals surface area contributed by atoms with Crippen LogP contribution in [0.15, 0.2) is 30.3 Å². The Morgan fingerprint density at radius 3 is 2.40 bits per heavy atom. The lowest BCUT2D eigenvalue weighted by molar-refractivity contribution is -0.143. The van der Waals surface area contributed by atoms with Crippen LogP contribution in [0.5, 0.6) is 0 Å². The molecule has 1 aromatic rings. The summed E-state index contributed by atoms with van der Waals surface area (Å²) in [6.45, 7) is 3.69. The van der Waals surface area contributed by atoms with Gasteiger partial charge in [-0.15, -0.1) is 0 Å². The number of carbonyl (C=O) groups excluding carboxylic acids is 1. The molecule has 0 aliphatic heterocycles. The van der Waals surface area contributed by atoms with Crippen LogP contribution in [0, 0.1) is 5.92 Å². The molecule has 0 radical (unpaired) electrons. The van der Waals surface area contributed by atoms with Gasteiger partial charge in [-0.05, 0) is 11.5 Å². The number of aliphatic carboxylic acids is 1. The Morgan fingerprint density at radius 2 is 1.90 bits per heavy atom. The molecule has 0 spiro atoms. The molecule has 1 rings (SSSR count). The van der Waals surface area contributed by atoms with Crippen LogP contribution in [0.4, 0.5) is 0 Å². The standard InChI is InChI=1S/C15H22N2O3/c1-3-10(2)14(15(19)20)17-13(18)9-12(16)11-7-5-4-6-8-11/h4-8,10,12,14H,3,9,16H2,1-2H3,(H,17,18)(H,19,20)/t10-,12?,14-/m0/s1. The molecule has 110 valence electrons. The van der Waals surface area contributed by atoms with Crippen LogP contribution in [0.1, 0.15) is 38.3 Å². The molecule has 0 saturated carbocycles. The third-order valence-corrected chi connectivity index (χ3v) is 3.43. The average molecular weight is 278 g/mol. The molecule has 0 aromatic heterocycles. The summed E-state index contributed by atoms with van der Waals surface area (Å²) in [6.07, 6.45) is 0.756. The summed E-state index contributed by atoms with van der Waals surface area (Å²) in [4.78, 5) is 23.1. The van der Waals surface area contributed by atoms with Gasteiger partial charge < -0.3 is 16.2 Å². The summed E-state index contributed by atoms with van der Waals surface area (Å²) >= 11 is 0. The maximum atomic E-state index is 11.9. The topological polar surface area (TPSA) is 92.4 Å². The maximum Gasteiger partial charge on any atom is 0.326 e. The van der Waals surface area contributed by atoms with Crippen molar-refractivity contribution >= 4 is 11.9 Å². The number of benzene rings is 1. The Morgan fingerprint density at radius 1 is 1.30 bits per heavy atom. The quantitative estimate of drug-likeness (QED) is 0.707. The van der Waals surface area contributed by atoms with E-state index in [1.807, 2.05) is 37.3 Å². The molecule has 1 amide bonds. The summed E-state index contributed by atoms with van der Waals surface area (Å²) in [7, 11) is 0. The molecule has 5 heteroatoms. The van der Waals surface area contributed by atoms with Gasteiger partial charge in [0.05, 0.1) is 0 Å². The monoisotopic (exact) mass is 278 g/mol. The van der Waals surface area contributed by atoms with Crippen molar-refractivity contribution in [1.29, 1.82) is 0 Å². The van der Waals surface area contributed by atoms with Crippen molar-refractivity contribution in [1.82, 2.24) is 5.32 Å². The van der Waals surface area contributed by atoms with Crippen molar-refractivity contribution in [2.75, 3.05) is 0 Å². The Bertz CT molecular complexity index is 448. The molecule has 3 atom stereocenters. The van der Waals surface area contributed by atoms with E-state index < -0.39 is 18.1 Å². The number of hydrogen-bond donors (Lipinski definition) is 3. The van der Waals surface area contributed by atoms with Gasteiger partial charge in [-0.25, -0.2) is 4.79 Å². The molecule has 1 unspecified atom stereocenters. The van der Waals surface area contributed by atoms with E-state index in [2.05, 4.69) is 5.32 Å². The fourth-order valence-corrected chi connectivity index (χ4v) is 1.93. The van der Waals surface area contributed by atoms with E-state index in [1.54, 1.807) is 6.92 Å². The van der Waals surface area contributed by atoms with Crippen LogP contribution < -0.4 is 11.1 Å². The SMILES string of the molecule is CC[C@H](C)[C@H](NC(=O)CC(N)c1ccccc1)C(=O)O. The predicted molar refractivity (Wildman–Crippen MR) is 77.0 cm³/mol. The fraction of sp³-hybridized carbons (Fsp3) is 0.467. The lowest BCUT2D eigenvalue weighted by Crippen LogP contribution is -2.45. The highest BCUT2D eigenvalue weighted by atomic mass is 16.4. The molecular formula is C15H22N2O3. The normalized spacial score (nSPS) is 15.2. The number of carboxylic acid groups (broad SMARTS) is 1. The maximum absolute atomic E-state index is 11.9. The van der Waals surface area contributed by atoms with Gasteiger partial charge in [-0.2, -0.15) is 0 Å². The number of nitrogens with one attached hydrogen (secondary N) is 1. The first-order chi connectivity index (χ1) is 9.45. The van der Waals surface area contributed by atoms with Crippen molar-refractivity contribution in [3.05, 3.63) is 35.9 Å². The van der Waals surface area contributed by atoms with E-state index in [9.17, 15) is 9.59 Å². The zero-order valence-electron chi connectivity index (χ0n) is 11.9. The van der Waals surface area contributed by atoms with Gasteiger partial charge in [0.25, 0.3) is 0 Å². The highest BCUT2D eigenvalue weighted by Gasteiger charge is 2.25. The summed E-state index contributed by atoms with van der Waals surface area (Å²) in [6, 6.07) is 7.99. The van der Waals surface area contributed by atoms with Crippen LogP contribution >= 0.6 is 0 Å². The minimum atomic E-state index is -1.01. The van der Waals surface area contributed by atoms with Crippen molar-refractivity contribution in [3.63, 3.8) is 0 Å². The first-order valence-corrected chi connectivity index (χ1v) is 6.78. The minimum absolute atomic E-state index is 0.0736. The van der Waals surface area contributed by atoms with Crippen molar-refractivity contribution in [3.8, 4) is 0 Å². The second kappa shape index (κ2) is 7.65. The lowest BCUT2D eigenvalue weighted by Gasteiger charge is -2.21. The van der Waals surface area contributed by atoms with Gasteiger partial charge in [-0.3, -0.25) is 4.79 Å². The minimum Gasteiger partial charge on any atom is -0.480 e. The summed E-state index contributed by atoms with van der Waals surface area (Å²) in [5, 5.41) is 11.7. The second-order valence-corrected chi connectivity index (χ2v) is 4.99. The van der Waals surface area contributed by atoms with Gasteiger partial charge in [0.2, 0.25) is 5.91 Å². The highest BCUT2D eigenvalue weighted by Crippen LogP contribution is 2.14. The number of amides is 1. The molecule has 20 heavy (non-hydrogen) atoms. The van der Waals surface area contributed by atoms with Crippen molar-refractivity contribution in [2.45, 2.75) is 38.8 Å². The number of carboxylic acids is 1. The van der Waals surface area contributed by atoms with E-state index in [4.69, 9.17) is 10.8 Å². The van der Waals surface area contributed by atoms with E-state index in [0.717, 1.165) is 5.56 Å². The largest absolute Gasteiger partial charge is 0.480 e. The smallest absolute Gasteiger partial charge is 0.326 e. The van der Waals surface area contributed by atoms with Gasteiger partial charge in [0.15, 0.2) is 0 Å². The number of nitrogens with two attached hydrogens (primary N) is 1. The van der Waals surface area contributed by atoms with Crippen LogP contribution in [0.3, 0.4) is 0 Å². The van der Waals surface area contributed by atoms with Crippen LogP contribution in [0.25, 0.3) is 0 Å². The average Bonchev–Trinajstić information content (AvgIpc) is 2.44. The first kappa shape index (κ1) is 16.2. The Balaban J connectivity index is 2.60. The molecule has 0 aliphatic carbocycles. The molecule has 0 fully saturated rings. The predicted octanol–water partition coefficient (Wildman–Crippen LogP) is 1.69.